The number of pyridine rings is 1. The van der Waals surface area contributed by atoms with Crippen LogP contribution in [0.5, 0.6) is 0 Å². The molecule has 4 rings (SSSR count). The molecule has 29 heavy (non-hydrogen) atoms. The lowest BCUT2D eigenvalue weighted by Crippen LogP contribution is -2.32. The van der Waals surface area contributed by atoms with Gasteiger partial charge in [-0.1, -0.05) is 42.7 Å². The third-order valence-electron chi connectivity index (χ3n) is 5.80. The number of carbonyl (C=O) groups excluding carboxylic acids is 1. The predicted octanol–water partition coefficient (Wildman–Crippen LogP) is 3.25. The summed E-state index contributed by atoms with van der Waals surface area (Å²) in [5, 5.41) is 2.98. The first-order valence-electron chi connectivity index (χ1n) is 10.5. The van der Waals surface area contributed by atoms with E-state index in [4.69, 9.17) is 0 Å². The maximum absolute atomic E-state index is 13.1. The van der Waals surface area contributed by atoms with E-state index in [1.165, 1.54) is 18.4 Å². The highest BCUT2D eigenvalue weighted by Crippen LogP contribution is 2.27. The van der Waals surface area contributed by atoms with E-state index in [1.54, 1.807) is 15.3 Å². The number of aromatic nitrogens is 3. The van der Waals surface area contributed by atoms with Crippen LogP contribution in [0.3, 0.4) is 0 Å². The van der Waals surface area contributed by atoms with E-state index in [9.17, 15) is 9.59 Å². The topological polar surface area (TPSA) is 68.9 Å². The molecule has 1 saturated carbocycles. The Hall–Kier alpha value is -2.89. The number of aryl methyl sites for hydroxylation is 1. The molecule has 1 aromatic carbocycles. The number of nitrogens with one attached hydrogen (secondary N) is 1. The molecule has 3 aromatic rings. The number of benzene rings is 1. The average Bonchev–Trinajstić information content (AvgIpc) is 3.30. The van der Waals surface area contributed by atoms with Crippen LogP contribution in [-0.4, -0.2) is 26.6 Å². The van der Waals surface area contributed by atoms with Crippen LogP contribution in [0.25, 0.3) is 11.2 Å². The van der Waals surface area contributed by atoms with Crippen molar-refractivity contribution in [3.05, 3.63) is 64.2 Å². The number of imidazole rings is 1. The van der Waals surface area contributed by atoms with Gasteiger partial charge in [-0.15, -0.1) is 0 Å². The standard InChI is InChI=1S/C23H28N4O2/c1-17-6-4-9-19(14-17)16-27-20-10-5-11-25-22(20)26(23(27)29)13-12-24-21(28)15-18-7-2-3-8-18/h4-6,9-11,14,18H,2-3,7-8,12-13,15-16H2,1H3,(H,24,28). The molecular formula is C23H28N4O2. The second kappa shape index (κ2) is 8.64. The van der Waals surface area contributed by atoms with E-state index < -0.39 is 0 Å². The van der Waals surface area contributed by atoms with Gasteiger partial charge in [0.15, 0.2) is 5.65 Å². The molecule has 0 radical (unpaired) electrons. The number of amides is 1. The van der Waals surface area contributed by atoms with Gasteiger partial charge in [0, 0.05) is 25.7 Å². The number of nitrogens with zero attached hydrogens (tertiary/aromatic N) is 3. The van der Waals surface area contributed by atoms with Crippen LogP contribution >= 0.6 is 0 Å². The van der Waals surface area contributed by atoms with Crippen molar-refractivity contribution in [2.45, 2.75) is 52.1 Å². The van der Waals surface area contributed by atoms with Gasteiger partial charge in [0.1, 0.15) is 0 Å². The lowest BCUT2D eigenvalue weighted by atomic mass is 10.0. The maximum Gasteiger partial charge on any atom is 0.330 e. The van der Waals surface area contributed by atoms with Gasteiger partial charge in [-0.25, -0.2) is 9.78 Å². The molecule has 6 heteroatoms. The molecule has 0 saturated heterocycles. The number of rotatable bonds is 7. The Morgan fingerprint density at radius 3 is 2.79 bits per heavy atom. The van der Waals surface area contributed by atoms with Crippen LogP contribution in [-0.2, 0) is 17.9 Å². The number of hydrogen-bond acceptors (Lipinski definition) is 3. The molecular weight excluding hydrogens is 364 g/mol. The normalized spacial score (nSPS) is 14.5. The summed E-state index contributed by atoms with van der Waals surface area (Å²) in [6.07, 6.45) is 7.08. The highest BCUT2D eigenvalue weighted by atomic mass is 16.2. The summed E-state index contributed by atoms with van der Waals surface area (Å²) in [6, 6.07) is 12.0. The van der Waals surface area contributed by atoms with Crippen LogP contribution in [0.2, 0.25) is 0 Å². The Kier molecular flexibility index (Phi) is 5.79. The Balaban J connectivity index is 1.49. The molecule has 0 spiro atoms. The first kappa shape index (κ1) is 19.4. The lowest BCUT2D eigenvalue weighted by Gasteiger charge is -2.09. The van der Waals surface area contributed by atoms with Crippen molar-refractivity contribution in [2.24, 2.45) is 5.92 Å². The molecule has 1 N–H and O–H groups in total. The van der Waals surface area contributed by atoms with Gasteiger partial charge in [-0.3, -0.25) is 13.9 Å². The molecule has 1 amide bonds. The Morgan fingerprint density at radius 1 is 1.17 bits per heavy atom. The SMILES string of the molecule is Cc1cccc(Cn2c(=O)n(CCNC(=O)CC3CCCC3)c3ncccc32)c1. The van der Waals surface area contributed by atoms with Crippen molar-refractivity contribution >= 4 is 17.1 Å². The van der Waals surface area contributed by atoms with E-state index in [2.05, 4.69) is 16.4 Å². The Morgan fingerprint density at radius 2 is 2.00 bits per heavy atom. The average molecular weight is 393 g/mol. The van der Waals surface area contributed by atoms with Crippen LogP contribution in [0.15, 0.2) is 47.4 Å². The highest BCUT2D eigenvalue weighted by Gasteiger charge is 2.19. The fraction of sp³-hybridized carbons (Fsp3) is 0.435. The Labute approximate surface area is 170 Å². The zero-order valence-corrected chi connectivity index (χ0v) is 16.9. The molecule has 1 aliphatic carbocycles. The Bertz CT molecular complexity index is 1060. The zero-order chi connectivity index (χ0) is 20.2. The van der Waals surface area contributed by atoms with Gasteiger partial charge < -0.3 is 5.32 Å². The second-order valence-corrected chi connectivity index (χ2v) is 8.06. The third kappa shape index (κ3) is 4.42. The third-order valence-corrected chi connectivity index (χ3v) is 5.80. The van der Waals surface area contributed by atoms with Crippen molar-refractivity contribution < 1.29 is 4.79 Å². The van der Waals surface area contributed by atoms with Crippen molar-refractivity contribution in [2.75, 3.05) is 6.54 Å². The van der Waals surface area contributed by atoms with E-state index in [0.29, 0.717) is 37.6 Å². The van der Waals surface area contributed by atoms with E-state index in [-0.39, 0.29) is 11.6 Å². The minimum absolute atomic E-state index is 0.0846. The van der Waals surface area contributed by atoms with E-state index >= 15 is 0 Å². The van der Waals surface area contributed by atoms with Gasteiger partial charge in [0.25, 0.3) is 0 Å². The quantitative estimate of drug-likeness (QED) is 0.671. The molecule has 6 nitrogen and oxygen atoms in total. The molecule has 2 heterocycles. The zero-order valence-electron chi connectivity index (χ0n) is 16.9. The van der Waals surface area contributed by atoms with Crippen molar-refractivity contribution in [3.8, 4) is 0 Å². The van der Waals surface area contributed by atoms with Crippen LogP contribution in [0.4, 0.5) is 0 Å². The summed E-state index contributed by atoms with van der Waals surface area (Å²) in [5.41, 5.74) is 3.64. The van der Waals surface area contributed by atoms with Gasteiger partial charge in [0.2, 0.25) is 5.91 Å². The predicted molar refractivity (Wildman–Crippen MR) is 114 cm³/mol. The number of carbonyl (C=O) groups is 1. The monoisotopic (exact) mass is 392 g/mol. The minimum atomic E-state index is -0.0924. The van der Waals surface area contributed by atoms with Gasteiger partial charge in [-0.05, 0) is 43.4 Å². The van der Waals surface area contributed by atoms with Gasteiger partial charge in [-0.2, -0.15) is 0 Å². The summed E-state index contributed by atoms with van der Waals surface area (Å²) in [4.78, 5) is 29.7. The molecule has 152 valence electrons. The molecule has 2 aromatic heterocycles. The fourth-order valence-corrected chi connectivity index (χ4v) is 4.35. The lowest BCUT2D eigenvalue weighted by molar-refractivity contribution is -0.122. The summed E-state index contributed by atoms with van der Waals surface area (Å²) in [6.45, 7) is 3.41. The maximum atomic E-state index is 13.1. The van der Waals surface area contributed by atoms with Gasteiger partial charge >= 0.3 is 5.69 Å². The molecule has 0 atom stereocenters. The van der Waals surface area contributed by atoms with E-state index in [0.717, 1.165) is 23.9 Å². The van der Waals surface area contributed by atoms with Crippen LogP contribution in [0.1, 0.15) is 43.2 Å². The molecule has 0 unspecified atom stereocenters. The molecule has 0 aliphatic heterocycles. The van der Waals surface area contributed by atoms with Crippen LogP contribution in [0, 0.1) is 12.8 Å². The molecule has 0 bridgehead atoms. The van der Waals surface area contributed by atoms with Crippen molar-refractivity contribution in [1.29, 1.82) is 0 Å². The largest absolute Gasteiger partial charge is 0.354 e. The van der Waals surface area contributed by atoms with Crippen molar-refractivity contribution in [1.82, 2.24) is 19.4 Å². The summed E-state index contributed by atoms with van der Waals surface area (Å²) >= 11 is 0. The smallest absolute Gasteiger partial charge is 0.330 e. The molecule has 1 fully saturated rings. The van der Waals surface area contributed by atoms with Crippen molar-refractivity contribution in [3.63, 3.8) is 0 Å². The second-order valence-electron chi connectivity index (χ2n) is 8.06. The molecule has 1 aliphatic rings. The van der Waals surface area contributed by atoms with Gasteiger partial charge in [0.05, 0.1) is 12.1 Å². The first-order chi connectivity index (χ1) is 14.1. The summed E-state index contributed by atoms with van der Waals surface area (Å²) < 4.78 is 3.43. The fourth-order valence-electron chi connectivity index (χ4n) is 4.35. The summed E-state index contributed by atoms with van der Waals surface area (Å²) in [7, 11) is 0. The van der Waals surface area contributed by atoms with Crippen LogP contribution < -0.4 is 11.0 Å². The van der Waals surface area contributed by atoms with E-state index in [1.807, 2.05) is 37.3 Å². The minimum Gasteiger partial charge on any atom is -0.354 e. The highest BCUT2D eigenvalue weighted by molar-refractivity contribution is 5.76. The number of hydrogen-bond donors (Lipinski definition) is 1. The summed E-state index contributed by atoms with van der Waals surface area (Å²) in [5.74, 6) is 0.608. The number of fused-ring (bicyclic) bond motifs is 1. The first-order valence-corrected chi connectivity index (χ1v) is 10.5.